The first-order valence-corrected chi connectivity index (χ1v) is 8.54. The molecule has 2 amide bonds. The Kier molecular flexibility index (Phi) is 4.64. The van der Waals surface area contributed by atoms with E-state index in [9.17, 15) is 18.4 Å². The Morgan fingerprint density at radius 1 is 1.12 bits per heavy atom. The summed E-state index contributed by atoms with van der Waals surface area (Å²) in [5, 5.41) is 9.12. The van der Waals surface area contributed by atoms with Crippen LogP contribution in [0.4, 0.5) is 13.6 Å². The summed E-state index contributed by atoms with van der Waals surface area (Å²) in [4.78, 5) is 26.7. The number of nitrogens with zero attached hydrogens (tertiary/aromatic N) is 2. The van der Waals surface area contributed by atoms with Gasteiger partial charge in [-0.1, -0.05) is 6.07 Å². The molecule has 2 saturated heterocycles. The van der Waals surface area contributed by atoms with E-state index in [0.717, 1.165) is 6.07 Å². The van der Waals surface area contributed by atoms with Gasteiger partial charge in [0.2, 0.25) is 0 Å². The van der Waals surface area contributed by atoms with Crippen LogP contribution in [0, 0.1) is 11.6 Å². The maximum atomic E-state index is 14.0. The molecule has 1 aromatic rings. The molecule has 0 unspecified atom stereocenters. The quantitative estimate of drug-likeness (QED) is 0.828. The van der Waals surface area contributed by atoms with Crippen molar-refractivity contribution in [3.63, 3.8) is 0 Å². The van der Waals surface area contributed by atoms with Crippen molar-refractivity contribution in [2.75, 3.05) is 26.2 Å². The third kappa shape index (κ3) is 3.51. The Hall–Kier alpha value is -2.22. The van der Waals surface area contributed by atoms with E-state index in [4.69, 9.17) is 9.84 Å². The van der Waals surface area contributed by atoms with Crippen molar-refractivity contribution in [2.24, 2.45) is 0 Å². The van der Waals surface area contributed by atoms with Gasteiger partial charge in [-0.3, -0.25) is 4.79 Å². The van der Waals surface area contributed by atoms with Crippen molar-refractivity contribution in [3.05, 3.63) is 35.4 Å². The molecule has 6 nitrogen and oxygen atoms in total. The fraction of sp³-hybridized carbons (Fsp3) is 0.556. The van der Waals surface area contributed by atoms with E-state index < -0.39 is 34.8 Å². The van der Waals surface area contributed by atoms with Gasteiger partial charge in [0.15, 0.2) is 11.6 Å². The molecule has 1 spiro atoms. The van der Waals surface area contributed by atoms with Gasteiger partial charge in [-0.25, -0.2) is 13.6 Å². The Morgan fingerprint density at radius 2 is 1.77 bits per heavy atom. The fourth-order valence-electron chi connectivity index (χ4n) is 3.86. The third-order valence-electron chi connectivity index (χ3n) is 4.96. The van der Waals surface area contributed by atoms with E-state index in [0.29, 0.717) is 25.9 Å². The molecule has 0 saturated carbocycles. The van der Waals surface area contributed by atoms with Gasteiger partial charge in [0, 0.05) is 19.6 Å². The molecule has 26 heavy (non-hydrogen) atoms. The van der Waals surface area contributed by atoms with Gasteiger partial charge in [0.05, 0.1) is 23.3 Å². The van der Waals surface area contributed by atoms with Gasteiger partial charge in [-0.15, -0.1) is 0 Å². The molecular weight excluding hydrogens is 346 g/mol. The second-order valence-corrected chi connectivity index (χ2v) is 7.58. The number of carbonyl (C=O) groups is 2. The molecule has 1 N–H and O–H groups in total. The SMILES string of the molecule is CC1(C)CN(C(=O)c2cccc(F)c2F)CC2(CCN(C(=O)O)CC2)O1. The van der Waals surface area contributed by atoms with Crippen LogP contribution in [0.15, 0.2) is 18.2 Å². The van der Waals surface area contributed by atoms with Crippen molar-refractivity contribution in [1.29, 1.82) is 0 Å². The summed E-state index contributed by atoms with van der Waals surface area (Å²) in [6.45, 7) is 4.74. The molecule has 2 aliphatic rings. The number of amides is 2. The van der Waals surface area contributed by atoms with E-state index in [1.54, 1.807) is 0 Å². The number of piperidine rings is 1. The second kappa shape index (κ2) is 6.50. The molecule has 0 bridgehead atoms. The van der Waals surface area contributed by atoms with Gasteiger partial charge in [0.1, 0.15) is 0 Å². The maximum absolute atomic E-state index is 14.0. The number of halogens is 2. The van der Waals surface area contributed by atoms with Crippen LogP contribution in [0.1, 0.15) is 37.0 Å². The standard InChI is InChI=1S/C18H22F2N2O4/c1-17(2)10-22(15(23)12-4-3-5-13(19)14(12)20)11-18(26-17)6-8-21(9-7-18)16(24)25/h3-5H,6-11H2,1-2H3,(H,24,25). The number of benzene rings is 1. The summed E-state index contributed by atoms with van der Waals surface area (Å²) in [6.07, 6.45) is -0.0966. The first-order valence-electron chi connectivity index (χ1n) is 8.54. The maximum Gasteiger partial charge on any atom is 0.407 e. The van der Waals surface area contributed by atoms with E-state index in [-0.39, 0.29) is 18.7 Å². The first kappa shape index (κ1) is 18.6. The van der Waals surface area contributed by atoms with Gasteiger partial charge >= 0.3 is 6.09 Å². The highest BCUT2D eigenvalue weighted by molar-refractivity contribution is 5.94. The lowest BCUT2D eigenvalue weighted by molar-refractivity contribution is -0.203. The van der Waals surface area contributed by atoms with Gasteiger partial charge in [-0.05, 0) is 38.8 Å². The van der Waals surface area contributed by atoms with E-state index in [1.165, 1.54) is 21.9 Å². The van der Waals surface area contributed by atoms with E-state index in [2.05, 4.69) is 0 Å². The molecule has 3 rings (SSSR count). The Bertz CT molecular complexity index is 730. The molecule has 2 fully saturated rings. The molecule has 0 aliphatic carbocycles. The second-order valence-electron chi connectivity index (χ2n) is 7.58. The predicted molar refractivity (Wildman–Crippen MR) is 89.0 cm³/mol. The van der Waals surface area contributed by atoms with Crippen LogP contribution in [-0.4, -0.2) is 64.3 Å². The van der Waals surface area contributed by atoms with Crippen molar-refractivity contribution in [3.8, 4) is 0 Å². The van der Waals surface area contributed by atoms with Crippen molar-refractivity contribution >= 4 is 12.0 Å². The number of carboxylic acid groups (broad SMARTS) is 1. The molecule has 1 aromatic carbocycles. The molecule has 0 atom stereocenters. The Labute approximate surface area is 150 Å². The first-order chi connectivity index (χ1) is 12.1. The zero-order valence-electron chi connectivity index (χ0n) is 14.8. The summed E-state index contributed by atoms with van der Waals surface area (Å²) in [6, 6.07) is 3.54. The fourth-order valence-corrected chi connectivity index (χ4v) is 3.86. The van der Waals surface area contributed by atoms with Crippen molar-refractivity contribution in [2.45, 2.75) is 37.9 Å². The van der Waals surface area contributed by atoms with Crippen molar-refractivity contribution < 1.29 is 28.2 Å². The average Bonchev–Trinajstić information content (AvgIpc) is 2.55. The highest BCUT2D eigenvalue weighted by Gasteiger charge is 2.48. The van der Waals surface area contributed by atoms with Crippen LogP contribution in [0.2, 0.25) is 0 Å². The summed E-state index contributed by atoms with van der Waals surface area (Å²) < 4.78 is 33.8. The molecule has 0 aromatic heterocycles. The summed E-state index contributed by atoms with van der Waals surface area (Å²) >= 11 is 0. The Balaban J connectivity index is 1.83. The van der Waals surface area contributed by atoms with Gasteiger partial charge < -0.3 is 19.6 Å². The minimum atomic E-state index is -1.16. The van der Waals surface area contributed by atoms with Gasteiger partial charge in [0.25, 0.3) is 5.91 Å². The molecule has 2 aliphatic heterocycles. The van der Waals surface area contributed by atoms with Crippen LogP contribution in [0.25, 0.3) is 0 Å². The zero-order valence-corrected chi connectivity index (χ0v) is 14.8. The smallest absolute Gasteiger partial charge is 0.407 e. The van der Waals surface area contributed by atoms with E-state index in [1.807, 2.05) is 13.8 Å². The number of rotatable bonds is 1. The van der Waals surface area contributed by atoms with Crippen LogP contribution in [0.5, 0.6) is 0 Å². The summed E-state index contributed by atoms with van der Waals surface area (Å²) in [5.74, 6) is -2.80. The van der Waals surface area contributed by atoms with Crippen LogP contribution >= 0.6 is 0 Å². The molecule has 142 valence electrons. The topological polar surface area (TPSA) is 70.1 Å². The lowest BCUT2D eigenvalue weighted by Crippen LogP contribution is -2.64. The zero-order chi connectivity index (χ0) is 19.1. The molecular formula is C18H22F2N2O4. The average molecular weight is 368 g/mol. The van der Waals surface area contributed by atoms with Gasteiger partial charge in [-0.2, -0.15) is 0 Å². The van der Waals surface area contributed by atoms with Crippen molar-refractivity contribution in [1.82, 2.24) is 9.80 Å². The predicted octanol–water partition coefficient (Wildman–Crippen LogP) is 2.73. The van der Waals surface area contributed by atoms with Crippen LogP contribution < -0.4 is 0 Å². The van der Waals surface area contributed by atoms with Crippen LogP contribution in [0.3, 0.4) is 0 Å². The lowest BCUT2D eigenvalue weighted by Gasteiger charge is -2.52. The lowest BCUT2D eigenvalue weighted by atomic mass is 9.86. The number of morpholine rings is 1. The molecule has 2 heterocycles. The third-order valence-corrected chi connectivity index (χ3v) is 4.96. The number of likely N-dealkylation sites (tertiary alicyclic amines) is 1. The normalized spacial score (nSPS) is 21.7. The largest absolute Gasteiger partial charge is 0.465 e. The number of hydrogen-bond acceptors (Lipinski definition) is 3. The molecule has 0 radical (unpaired) electrons. The summed E-state index contributed by atoms with van der Waals surface area (Å²) in [5.41, 5.74) is -1.67. The monoisotopic (exact) mass is 368 g/mol. The number of carbonyl (C=O) groups excluding carboxylic acids is 1. The Morgan fingerprint density at radius 3 is 2.38 bits per heavy atom. The highest BCUT2D eigenvalue weighted by atomic mass is 19.2. The minimum absolute atomic E-state index is 0.221. The molecule has 8 heteroatoms. The highest BCUT2D eigenvalue weighted by Crippen LogP contribution is 2.37. The number of ether oxygens (including phenoxy) is 1. The van der Waals surface area contributed by atoms with E-state index >= 15 is 0 Å². The van der Waals surface area contributed by atoms with Crippen LogP contribution in [-0.2, 0) is 4.74 Å². The number of hydrogen-bond donors (Lipinski definition) is 1. The minimum Gasteiger partial charge on any atom is -0.465 e. The summed E-state index contributed by atoms with van der Waals surface area (Å²) in [7, 11) is 0.